The number of phenols is 1. The molecule has 5 atom stereocenters. The zero-order valence-electron chi connectivity index (χ0n) is 21.6. The molecule has 0 aliphatic rings. The molecule has 1 rings (SSSR count). The Bertz CT molecular complexity index is 951. The van der Waals surface area contributed by atoms with Gasteiger partial charge in [0.1, 0.15) is 23.9 Å². The number of rotatable bonds is 15. The van der Waals surface area contributed by atoms with Crippen molar-refractivity contribution < 1.29 is 39.3 Å². The topological polar surface area (TPSA) is 208 Å². The highest BCUT2D eigenvalue weighted by Crippen LogP contribution is 2.14. The largest absolute Gasteiger partial charge is 0.508 e. The van der Waals surface area contributed by atoms with Crippen molar-refractivity contribution in [2.24, 2.45) is 17.6 Å². The molecule has 0 spiro atoms. The molecule has 3 amide bonds. The van der Waals surface area contributed by atoms with Gasteiger partial charge in [-0.3, -0.25) is 19.2 Å². The van der Waals surface area contributed by atoms with Gasteiger partial charge in [-0.2, -0.15) is 0 Å². The third-order valence-electron chi connectivity index (χ3n) is 6.04. The number of phenolic OH excluding ortho intramolecular Hbond substituents is 1. The monoisotopic (exact) mass is 522 g/mol. The summed E-state index contributed by atoms with van der Waals surface area (Å²) in [5.74, 6) is -5.22. The molecular weight excluding hydrogens is 484 g/mol. The molecular formula is C25H38N4O8. The predicted molar refractivity (Wildman–Crippen MR) is 134 cm³/mol. The Morgan fingerprint density at radius 2 is 1.43 bits per heavy atom. The Hall–Kier alpha value is -3.67. The summed E-state index contributed by atoms with van der Waals surface area (Å²) in [5, 5.41) is 35.5. The van der Waals surface area contributed by atoms with Crippen LogP contribution in [0.4, 0.5) is 0 Å². The van der Waals surface area contributed by atoms with Gasteiger partial charge in [-0.1, -0.05) is 46.2 Å². The van der Waals surface area contributed by atoms with Crippen LogP contribution in [-0.2, 0) is 30.4 Å². The van der Waals surface area contributed by atoms with Crippen LogP contribution in [0.5, 0.6) is 5.75 Å². The smallest absolute Gasteiger partial charge is 0.326 e. The molecule has 5 unspecified atom stereocenters. The lowest BCUT2D eigenvalue weighted by molar-refractivity contribution is -0.144. The molecule has 0 aliphatic heterocycles. The van der Waals surface area contributed by atoms with Crippen LogP contribution < -0.4 is 21.7 Å². The third kappa shape index (κ3) is 10.5. The first-order valence-electron chi connectivity index (χ1n) is 12.2. The highest BCUT2D eigenvalue weighted by Gasteiger charge is 2.33. The van der Waals surface area contributed by atoms with Gasteiger partial charge in [0.2, 0.25) is 17.7 Å². The number of amides is 3. The quantitative estimate of drug-likeness (QED) is 0.169. The van der Waals surface area contributed by atoms with Gasteiger partial charge >= 0.3 is 11.9 Å². The number of hydrogen-bond donors (Lipinski definition) is 7. The first kappa shape index (κ1) is 31.4. The average molecular weight is 523 g/mol. The average Bonchev–Trinajstić information content (AvgIpc) is 2.83. The van der Waals surface area contributed by atoms with Crippen LogP contribution in [0.15, 0.2) is 24.3 Å². The van der Waals surface area contributed by atoms with Gasteiger partial charge in [-0.15, -0.1) is 0 Å². The molecule has 0 saturated carbocycles. The first-order chi connectivity index (χ1) is 17.3. The highest BCUT2D eigenvalue weighted by molar-refractivity contribution is 5.94. The zero-order chi connectivity index (χ0) is 28.3. The number of carboxylic acids is 2. The van der Waals surface area contributed by atoms with E-state index in [-0.39, 0.29) is 30.9 Å². The molecule has 8 N–H and O–H groups in total. The molecule has 1 aromatic carbocycles. The summed E-state index contributed by atoms with van der Waals surface area (Å²) >= 11 is 0. The molecule has 0 fully saturated rings. The first-order valence-corrected chi connectivity index (χ1v) is 12.2. The van der Waals surface area contributed by atoms with E-state index in [1.54, 1.807) is 39.8 Å². The number of carbonyl (C=O) groups is 5. The normalized spacial score (nSPS) is 15.1. The summed E-state index contributed by atoms with van der Waals surface area (Å²) in [6, 6.07) is 1.35. The van der Waals surface area contributed by atoms with Gasteiger partial charge in [-0.25, -0.2) is 4.79 Å². The van der Waals surface area contributed by atoms with Crippen LogP contribution >= 0.6 is 0 Å². The van der Waals surface area contributed by atoms with Crippen LogP contribution in [0.25, 0.3) is 0 Å². The number of aromatic hydroxyl groups is 1. The minimum atomic E-state index is -1.21. The van der Waals surface area contributed by atoms with E-state index >= 15 is 0 Å². The molecule has 12 nitrogen and oxygen atoms in total. The fraction of sp³-hybridized carbons (Fsp3) is 0.560. The molecule has 0 bridgehead atoms. The zero-order valence-corrected chi connectivity index (χ0v) is 21.6. The number of hydrogen-bond acceptors (Lipinski definition) is 7. The molecule has 206 valence electrons. The maximum atomic E-state index is 13.2. The Kier molecular flexibility index (Phi) is 12.5. The minimum absolute atomic E-state index is 0.0123. The number of nitrogens with one attached hydrogen (secondary N) is 3. The van der Waals surface area contributed by atoms with E-state index in [4.69, 9.17) is 10.8 Å². The standard InChI is InChI=1S/C25H38N4O8/c1-5-14(4)21(25(36)37)29-23(34)18(12-15-6-8-16(30)9-7-15)27-24(35)20(13(2)3)28-22(33)17(26)10-11-19(31)32/h6-9,13-14,17-18,20-21,30H,5,10-12,26H2,1-4H3,(H,27,35)(H,28,33)(H,29,34)(H,31,32)(H,36,37). The molecule has 1 aromatic rings. The minimum Gasteiger partial charge on any atom is -0.508 e. The van der Waals surface area contributed by atoms with Crippen molar-refractivity contribution in [3.63, 3.8) is 0 Å². The lowest BCUT2D eigenvalue weighted by atomic mass is 9.97. The SMILES string of the molecule is CCC(C)C(NC(=O)C(Cc1ccc(O)cc1)NC(=O)C(NC(=O)C(N)CCC(=O)O)C(C)C)C(=O)O. The van der Waals surface area contributed by atoms with E-state index in [0.717, 1.165) is 0 Å². The van der Waals surface area contributed by atoms with Gasteiger partial charge < -0.3 is 37.0 Å². The number of nitrogens with two attached hydrogens (primary N) is 1. The van der Waals surface area contributed by atoms with Crippen molar-refractivity contribution in [2.45, 2.75) is 77.5 Å². The fourth-order valence-electron chi connectivity index (χ4n) is 3.48. The Labute approximate surface area is 216 Å². The molecule has 0 aliphatic carbocycles. The van der Waals surface area contributed by atoms with Crippen molar-refractivity contribution in [3.05, 3.63) is 29.8 Å². The second-order valence-corrected chi connectivity index (χ2v) is 9.41. The number of benzene rings is 1. The van der Waals surface area contributed by atoms with E-state index < -0.39 is 59.7 Å². The third-order valence-corrected chi connectivity index (χ3v) is 6.04. The predicted octanol–water partition coefficient (Wildman–Crippen LogP) is 0.368. The molecule has 0 saturated heterocycles. The van der Waals surface area contributed by atoms with Gasteiger partial charge in [0.05, 0.1) is 6.04 Å². The van der Waals surface area contributed by atoms with Crippen LogP contribution in [0.2, 0.25) is 0 Å². The van der Waals surface area contributed by atoms with Crippen LogP contribution in [-0.4, -0.2) is 69.1 Å². The molecule has 0 radical (unpaired) electrons. The van der Waals surface area contributed by atoms with Crippen LogP contribution in [0.3, 0.4) is 0 Å². The Morgan fingerprint density at radius 1 is 0.865 bits per heavy atom. The Balaban J connectivity index is 3.12. The van der Waals surface area contributed by atoms with Gasteiger partial charge in [0.15, 0.2) is 0 Å². The molecule has 12 heteroatoms. The van der Waals surface area contributed by atoms with Crippen LogP contribution in [0, 0.1) is 11.8 Å². The fourth-order valence-corrected chi connectivity index (χ4v) is 3.48. The van der Waals surface area contributed by atoms with Crippen molar-refractivity contribution in [3.8, 4) is 5.75 Å². The number of aliphatic carboxylic acids is 2. The second-order valence-electron chi connectivity index (χ2n) is 9.41. The maximum absolute atomic E-state index is 13.2. The summed E-state index contributed by atoms with van der Waals surface area (Å²) in [5.41, 5.74) is 6.35. The highest BCUT2D eigenvalue weighted by atomic mass is 16.4. The van der Waals surface area contributed by atoms with Crippen molar-refractivity contribution >= 4 is 29.7 Å². The lowest BCUT2D eigenvalue weighted by Crippen LogP contribution is -2.59. The lowest BCUT2D eigenvalue weighted by Gasteiger charge is -2.28. The summed E-state index contributed by atoms with van der Waals surface area (Å²) in [6.45, 7) is 6.82. The summed E-state index contributed by atoms with van der Waals surface area (Å²) < 4.78 is 0. The maximum Gasteiger partial charge on any atom is 0.326 e. The van der Waals surface area contributed by atoms with Gasteiger partial charge in [0, 0.05) is 12.8 Å². The number of carboxylic acid groups (broad SMARTS) is 2. The van der Waals surface area contributed by atoms with E-state index in [1.807, 2.05) is 0 Å². The van der Waals surface area contributed by atoms with Crippen molar-refractivity contribution in [2.75, 3.05) is 0 Å². The van der Waals surface area contributed by atoms with Crippen molar-refractivity contribution in [1.82, 2.24) is 16.0 Å². The van der Waals surface area contributed by atoms with Crippen LogP contribution in [0.1, 0.15) is 52.5 Å². The van der Waals surface area contributed by atoms with E-state index in [1.165, 1.54) is 12.1 Å². The summed E-state index contributed by atoms with van der Waals surface area (Å²) in [6.07, 6.45) is 0.0476. The summed E-state index contributed by atoms with van der Waals surface area (Å²) in [4.78, 5) is 61.3. The molecule has 37 heavy (non-hydrogen) atoms. The van der Waals surface area contributed by atoms with E-state index in [2.05, 4.69) is 16.0 Å². The van der Waals surface area contributed by atoms with Gasteiger partial charge in [0.25, 0.3) is 0 Å². The molecule has 0 aromatic heterocycles. The summed E-state index contributed by atoms with van der Waals surface area (Å²) in [7, 11) is 0. The van der Waals surface area contributed by atoms with Gasteiger partial charge in [-0.05, 0) is 36.0 Å². The van der Waals surface area contributed by atoms with E-state index in [0.29, 0.717) is 12.0 Å². The van der Waals surface area contributed by atoms with Crippen molar-refractivity contribution in [1.29, 1.82) is 0 Å². The number of carbonyl (C=O) groups excluding carboxylic acids is 3. The Morgan fingerprint density at radius 3 is 1.92 bits per heavy atom. The molecule has 0 heterocycles. The second kappa shape index (κ2) is 14.8. The van der Waals surface area contributed by atoms with E-state index in [9.17, 15) is 34.2 Å².